The third kappa shape index (κ3) is 2.88. The van der Waals surface area contributed by atoms with Crippen molar-refractivity contribution < 1.29 is 0 Å². The summed E-state index contributed by atoms with van der Waals surface area (Å²) in [7, 11) is 1.94. The third-order valence-electron chi connectivity index (χ3n) is 3.41. The maximum atomic E-state index is 5.72. The lowest BCUT2D eigenvalue weighted by Gasteiger charge is -2.17. The van der Waals surface area contributed by atoms with Crippen molar-refractivity contribution in [2.45, 2.75) is 45.7 Å². The number of nitrogens with zero attached hydrogens (tertiary/aromatic N) is 5. The summed E-state index contributed by atoms with van der Waals surface area (Å²) in [6, 6.07) is 2.33. The van der Waals surface area contributed by atoms with Gasteiger partial charge in [0.15, 0.2) is 0 Å². The molecule has 7 nitrogen and oxygen atoms in total. The van der Waals surface area contributed by atoms with Crippen molar-refractivity contribution in [1.29, 1.82) is 0 Å². The van der Waals surface area contributed by atoms with E-state index < -0.39 is 0 Å². The number of hydrogen-bond acceptors (Lipinski definition) is 5. The topological polar surface area (TPSA) is 86.6 Å². The summed E-state index contributed by atoms with van der Waals surface area (Å²) >= 11 is 0. The number of hydrazine groups is 1. The summed E-state index contributed by atoms with van der Waals surface area (Å²) in [4.78, 5) is 4.33. The maximum absolute atomic E-state index is 5.72. The summed E-state index contributed by atoms with van der Waals surface area (Å²) < 4.78 is 3.79. The molecule has 0 saturated carbocycles. The van der Waals surface area contributed by atoms with Gasteiger partial charge in [0.2, 0.25) is 0 Å². The molecule has 0 aliphatic heterocycles. The van der Waals surface area contributed by atoms with Gasteiger partial charge in [-0.2, -0.15) is 10.2 Å². The molecule has 3 N–H and O–H groups in total. The zero-order valence-electron chi connectivity index (χ0n) is 12.5. The number of aromatic nitrogens is 5. The molecule has 1 unspecified atom stereocenters. The first-order valence-electron chi connectivity index (χ1n) is 6.94. The van der Waals surface area contributed by atoms with Crippen molar-refractivity contribution in [3.63, 3.8) is 0 Å². The third-order valence-corrected chi connectivity index (χ3v) is 3.41. The van der Waals surface area contributed by atoms with E-state index in [-0.39, 0.29) is 12.1 Å². The molecule has 0 fully saturated rings. The lowest BCUT2D eigenvalue weighted by Crippen LogP contribution is -2.32. The van der Waals surface area contributed by atoms with Gasteiger partial charge in [-0.15, -0.1) is 0 Å². The zero-order valence-corrected chi connectivity index (χ0v) is 12.5. The highest BCUT2D eigenvalue weighted by Gasteiger charge is 2.19. The van der Waals surface area contributed by atoms with Crippen LogP contribution in [0.3, 0.4) is 0 Å². The zero-order chi connectivity index (χ0) is 14.7. The highest BCUT2D eigenvalue weighted by atomic mass is 15.4. The molecule has 0 aliphatic carbocycles. The first-order valence-corrected chi connectivity index (χ1v) is 6.94. The molecule has 2 aromatic rings. The predicted octanol–water partition coefficient (Wildman–Crippen LogP) is 0.902. The number of nitrogens with two attached hydrogens (primary N) is 1. The molecule has 1 atom stereocenters. The van der Waals surface area contributed by atoms with Gasteiger partial charge in [-0.1, -0.05) is 6.92 Å². The fourth-order valence-electron chi connectivity index (χ4n) is 2.33. The first kappa shape index (κ1) is 14.7. The van der Waals surface area contributed by atoms with Gasteiger partial charge in [-0.3, -0.25) is 16.0 Å². The minimum absolute atomic E-state index is 0.0329. The van der Waals surface area contributed by atoms with Gasteiger partial charge in [-0.05, 0) is 26.3 Å². The normalized spacial score (nSPS) is 13.1. The average molecular weight is 277 g/mol. The Balaban J connectivity index is 2.24. The van der Waals surface area contributed by atoms with Crippen LogP contribution in [0.5, 0.6) is 0 Å². The van der Waals surface area contributed by atoms with Crippen molar-refractivity contribution in [2.24, 2.45) is 12.9 Å². The van der Waals surface area contributed by atoms with Crippen LogP contribution in [-0.2, 0) is 19.9 Å². The molecule has 0 bridgehead atoms. The van der Waals surface area contributed by atoms with E-state index in [2.05, 4.69) is 47.4 Å². The maximum Gasteiger partial charge on any atom is 0.138 e. The average Bonchev–Trinajstić information content (AvgIpc) is 3.02. The minimum Gasteiger partial charge on any atom is -0.271 e. The van der Waals surface area contributed by atoms with E-state index >= 15 is 0 Å². The largest absolute Gasteiger partial charge is 0.271 e. The van der Waals surface area contributed by atoms with Gasteiger partial charge in [0.25, 0.3) is 0 Å². The molecule has 20 heavy (non-hydrogen) atoms. The van der Waals surface area contributed by atoms with E-state index in [4.69, 9.17) is 5.84 Å². The molecule has 0 radical (unpaired) electrons. The van der Waals surface area contributed by atoms with E-state index in [1.54, 1.807) is 6.33 Å². The van der Waals surface area contributed by atoms with Gasteiger partial charge in [0.1, 0.15) is 12.2 Å². The van der Waals surface area contributed by atoms with E-state index in [0.717, 1.165) is 23.6 Å². The van der Waals surface area contributed by atoms with Crippen LogP contribution in [0, 0.1) is 0 Å². The van der Waals surface area contributed by atoms with Crippen molar-refractivity contribution in [1.82, 2.24) is 30.0 Å². The van der Waals surface area contributed by atoms with Gasteiger partial charge in [-0.25, -0.2) is 9.67 Å². The SMILES string of the molecule is CCc1cc(C(Cc2ncnn2C(C)C)NN)n(C)n1. The van der Waals surface area contributed by atoms with Crippen LogP contribution in [0.15, 0.2) is 12.4 Å². The molecule has 7 heteroatoms. The van der Waals surface area contributed by atoms with Crippen LogP contribution in [-0.4, -0.2) is 24.5 Å². The van der Waals surface area contributed by atoms with E-state index in [1.165, 1.54) is 0 Å². The van der Waals surface area contributed by atoms with Crippen molar-refractivity contribution >= 4 is 0 Å². The van der Waals surface area contributed by atoms with Crippen LogP contribution < -0.4 is 11.3 Å². The fraction of sp³-hybridized carbons (Fsp3) is 0.615. The van der Waals surface area contributed by atoms with Crippen LogP contribution >= 0.6 is 0 Å². The predicted molar refractivity (Wildman–Crippen MR) is 76.8 cm³/mol. The summed E-state index contributed by atoms with van der Waals surface area (Å²) in [5, 5.41) is 8.72. The molecule has 2 aromatic heterocycles. The Morgan fingerprint density at radius 1 is 1.40 bits per heavy atom. The van der Waals surface area contributed by atoms with Crippen molar-refractivity contribution in [2.75, 3.05) is 0 Å². The van der Waals surface area contributed by atoms with Gasteiger partial charge in [0, 0.05) is 19.5 Å². The van der Waals surface area contributed by atoms with Crippen molar-refractivity contribution in [3.05, 3.63) is 29.6 Å². The second-order valence-electron chi connectivity index (χ2n) is 5.18. The van der Waals surface area contributed by atoms with E-state index in [0.29, 0.717) is 6.42 Å². The Labute approximate surface area is 119 Å². The molecule has 0 aromatic carbocycles. The smallest absolute Gasteiger partial charge is 0.138 e. The Morgan fingerprint density at radius 3 is 2.70 bits per heavy atom. The van der Waals surface area contributed by atoms with Gasteiger partial charge >= 0.3 is 0 Å². The molecule has 110 valence electrons. The Bertz CT molecular complexity index is 555. The molecule has 0 spiro atoms. The first-order chi connectivity index (χ1) is 9.56. The Kier molecular flexibility index (Phi) is 4.51. The lowest BCUT2D eigenvalue weighted by atomic mass is 10.1. The van der Waals surface area contributed by atoms with Crippen LogP contribution in [0.1, 0.15) is 50.1 Å². The number of nitrogens with one attached hydrogen (secondary N) is 1. The van der Waals surface area contributed by atoms with Gasteiger partial charge < -0.3 is 0 Å². The minimum atomic E-state index is -0.0329. The quantitative estimate of drug-likeness (QED) is 0.605. The van der Waals surface area contributed by atoms with Gasteiger partial charge in [0.05, 0.1) is 17.4 Å². The van der Waals surface area contributed by atoms with Crippen LogP contribution in [0.2, 0.25) is 0 Å². The lowest BCUT2D eigenvalue weighted by molar-refractivity contribution is 0.454. The highest BCUT2D eigenvalue weighted by Crippen LogP contribution is 2.19. The molecular formula is C13H23N7. The Hall–Kier alpha value is -1.73. The summed E-state index contributed by atoms with van der Waals surface area (Å²) in [6.45, 7) is 6.26. The molecule has 2 heterocycles. The fourth-order valence-corrected chi connectivity index (χ4v) is 2.33. The number of hydrogen-bond donors (Lipinski definition) is 2. The Morgan fingerprint density at radius 2 is 2.15 bits per heavy atom. The second-order valence-corrected chi connectivity index (χ2v) is 5.18. The number of aryl methyl sites for hydroxylation is 2. The summed E-state index contributed by atoms with van der Waals surface area (Å²) in [6.07, 6.45) is 3.17. The molecular weight excluding hydrogens is 254 g/mol. The van der Waals surface area contributed by atoms with Crippen molar-refractivity contribution in [3.8, 4) is 0 Å². The van der Waals surface area contributed by atoms with E-state index in [9.17, 15) is 0 Å². The standard InChI is InChI=1S/C13H23N7/c1-5-10-6-12(19(4)18-10)11(17-14)7-13-15-8-16-20(13)9(2)3/h6,8-9,11,17H,5,7,14H2,1-4H3. The molecule has 0 amide bonds. The summed E-state index contributed by atoms with van der Waals surface area (Å²) in [5.41, 5.74) is 4.98. The van der Waals surface area contributed by atoms with Crippen LogP contribution in [0.25, 0.3) is 0 Å². The number of rotatable bonds is 6. The summed E-state index contributed by atoms with van der Waals surface area (Å²) in [5.74, 6) is 6.64. The monoisotopic (exact) mass is 277 g/mol. The van der Waals surface area contributed by atoms with E-state index in [1.807, 2.05) is 16.4 Å². The highest BCUT2D eigenvalue weighted by molar-refractivity contribution is 5.15. The molecule has 0 aliphatic rings. The second kappa shape index (κ2) is 6.15. The molecule has 0 saturated heterocycles. The molecule has 2 rings (SSSR count). The van der Waals surface area contributed by atoms with Crippen LogP contribution in [0.4, 0.5) is 0 Å².